The molecular formula is C10H16BrN3. The maximum atomic E-state index is 4.26. The van der Waals surface area contributed by atoms with E-state index in [4.69, 9.17) is 0 Å². The molecule has 0 spiro atoms. The smallest absolute Gasteiger partial charge is 0.140 e. The fourth-order valence-corrected chi connectivity index (χ4v) is 1.39. The predicted octanol–water partition coefficient (Wildman–Crippen LogP) is 2.17. The van der Waals surface area contributed by atoms with Gasteiger partial charge in [-0.2, -0.15) is 0 Å². The van der Waals surface area contributed by atoms with Gasteiger partial charge in [0, 0.05) is 18.8 Å². The fourth-order valence-electron chi connectivity index (χ4n) is 1.02. The van der Waals surface area contributed by atoms with Gasteiger partial charge in [0.2, 0.25) is 0 Å². The van der Waals surface area contributed by atoms with E-state index < -0.39 is 0 Å². The molecule has 0 bridgehead atoms. The number of hydrogen-bond donors (Lipinski definition) is 2. The van der Waals surface area contributed by atoms with Crippen molar-refractivity contribution in [2.24, 2.45) is 0 Å². The van der Waals surface area contributed by atoms with Crippen molar-refractivity contribution in [3.05, 3.63) is 22.3 Å². The van der Waals surface area contributed by atoms with Gasteiger partial charge >= 0.3 is 0 Å². The van der Waals surface area contributed by atoms with Crippen LogP contribution < -0.4 is 10.6 Å². The number of aryl methyl sites for hydroxylation is 1. The molecule has 0 amide bonds. The molecule has 1 aromatic rings. The second-order valence-electron chi connectivity index (χ2n) is 3.36. The Kier molecular flexibility index (Phi) is 4.35. The number of aromatic nitrogens is 1. The molecule has 0 aromatic carbocycles. The first-order valence-corrected chi connectivity index (χ1v) is 5.46. The van der Waals surface area contributed by atoms with Crippen LogP contribution in [-0.4, -0.2) is 24.6 Å². The van der Waals surface area contributed by atoms with E-state index in [0.717, 1.165) is 16.8 Å². The molecule has 2 N–H and O–H groups in total. The maximum Gasteiger partial charge on any atom is 0.140 e. The van der Waals surface area contributed by atoms with Crippen molar-refractivity contribution in [1.82, 2.24) is 10.3 Å². The first kappa shape index (κ1) is 11.5. The maximum absolute atomic E-state index is 4.26. The van der Waals surface area contributed by atoms with E-state index in [9.17, 15) is 0 Å². The first-order valence-electron chi connectivity index (χ1n) is 4.67. The monoisotopic (exact) mass is 257 g/mol. The minimum Gasteiger partial charge on any atom is -0.368 e. The van der Waals surface area contributed by atoms with Crippen LogP contribution in [-0.2, 0) is 0 Å². The number of hydrogen-bond acceptors (Lipinski definition) is 3. The Hall–Kier alpha value is -0.610. The Bertz CT molecular complexity index is 301. The second-order valence-corrected chi connectivity index (χ2v) is 4.15. The lowest BCUT2D eigenvalue weighted by Gasteiger charge is -2.13. The van der Waals surface area contributed by atoms with Crippen LogP contribution in [0.5, 0.6) is 0 Å². The molecule has 0 saturated heterocycles. The zero-order chi connectivity index (χ0) is 10.6. The molecule has 1 unspecified atom stereocenters. The van der Waals surface area contributed by atoms with Crippen LogP contribution in [0.1, 0.15) is 12.5 Å². The van der Waals surface area contributed by atoms with Crippen LogP contribution in [0.25, 0.3) is 0 Å². The van der Waals surface area contributed by atoms with Crippen molar-refractivity contribution in [1.29, 1.82) is 0 Å². The van der Waals surface area contributed by atoms with Gasteiger partial charge < -0.3 is 10.6 Å². The van der Waals surface area contributed by atoms with Crippen LogP contribution in [0.2, 0.25) is 0 Å². The molecule has 0 aliphatic carbocycles. The zero-order valence-corrected chi connectivity index (χ0v) is 10.4. The SMILES string of the molecule is CNC(C)CNc1nccc(C)c1Br. The Labute approximate surface area is 93.4 Å². The Morgan fingerprint density at radius 1 is 1.57 bits per heavy atom. The lowest BCUT2D eigenvalue weighted by Crippen LogP contribution is -2.29. The Balaban J connectivity index is 2.63. The summed E-state index contributed by atoms with van der Waals surface area (Å²) in [7, 11) is 1.95. The molecule has 4 heteroatoms. The van der Waals surface area contributed by atoms with Crippen molar-refractivity contribution < 1.29 is 0 Å². The summed E-state index contributed by atoms with van der Waals surface area (Å²) < 4.78 is 1.04. The van der Waals surface area contributed by atoms with Gasteiger partial charge in [-0.3, -0.25) is 0 Å². The Morgan fingerprint density at radius 2 is 2.29 bits per heavy atom. The lowest BCUT2D eigenvalue weighted by molar-refractivity contribution is 0.637. The van der Waals surface area contributed by atoms with Crippen molar-refractivity contribution in [2.75, 3.05) is 18.9 Å². The molecule has 0 saturated carbocycles. The summed E-state index contributed by atoms with van der Waals surface area (Å²) in [5.74, 6) is 0.909. The third kappa shape index (κ3) is 2.96. The van der Waals surface area contributed by atoms with Gasteiger partial charge in [0.15, 0.2) is 0 Å². The quantitative estimate of drug-likeness (QED) is 0.869. The average molecular weight is 258 g/mol. The Morgan fingerprint density at radius 3 is 2.93 bits per heavy atom. The number of nitrogens with one attached hydrogen (secondary N) is 2. The van der Waals surface area contributed by atoms with Gasteiger partial charge in [-0.25, -0.2) is 4.98 Å². The van der Waals surface area contributed by atoms with E-state index in [1.807, 2.05) is 19.3 Å². The van der Waals surface area contributed by atoms with E-state index in [1.54, 1.807) is 0 Å². The number of anilines is 1. The highest BCUT2D eigenvalue weighted by Crippen LogP contribution is 2.22. The average Bonchev–Trinajstić information content (AvgIpc) is 2.20. The van der Waals surface area contributed by atoms with E-state index in [2.05, 4.69) is 45.4 Å². The largest absolute Gasteiger partial charge is 0.368 e. The topological polar surface area (TPSA) is 37.0 Å². The van der Waals surface area contributed by atoms with E-state index >= 15 is 0 Å². The standard InChI is InChI=1S/C10H16BrN3/c1-7-4-5-13-10(9(7)11)14-6-8(2)12-3/h4-5,8,12H,6H2,1-3H3,(H,13,14). The summed E-state index contributed by atoms with van der Waals surface area (Å²) in [5, 5.41) is 6.45. The van der Waals surface area contributed by atoms with Crippen LogP contribution in [0.15, 0.2) is 16.7 Å². The van der Waals surface area contributed by atoms with Crippen LogP contribution >= 0.6 is 15.9 Å². The fraction of sp³-hybridized carbons (Fsp3) is 0.500. The van der Waals surface area contributed by atoms with Gasteiger partial charge in [-0.15, -0.1) is 0 Å². The molecule has 14 heavy (non-hydrogen) atoms. The number of rotatable bonds is 4. The number of pyridine rings is 1. The summed E-state index contributed by atoms with van der Waals surface area (Å²) in [6.07, 6.45) is 1.81. The highest BCUT2D eigenvalue weighted by Gasteiger charge is 2.04. The first-order chi connectivity index (χ1) is 6.65. The van der Waals surface area contributed by atoms with Crippen molar-refractivity contribution in [3.63, 3.8) is 0 Å². The zero-order valence-electron chi connectivity index (χ0n) is 8.76. The summed E-state index contributed by atoms with van der Waals surface area (Å²) in [5.41, 5.74) is 1.19. The number of halogens is 1. The van der Waals surface area contributed by atoms with E-state index in [-0.39, 0.29) is 0 Å². The molecule has 1 aromatic heterocycles. The normalized spacial score (nSPS) is 12.6. The van der Waals surface area contributed by atoms with Gasteiger partial charge in [0.25, 0.3) is 0 Å². The molecule has 0 radical (unpaired) electrons. The van der Waals surface area contributed by atoms with Crippen molar-refractivity contribution >= 4 is 21.7 Å². The lowest BCUT2D eigenvalue weighted by atomic mass is 10.3. The highest BCUT2D eigenvalue weighted by atomic mass is 79.9. The summed E-state index contributed by atoms with van der Waals surface area (Å²) in [6, 6.07) is 2.42. The van der Waals surface area contributed by atoms with E-state index in [0.29, 0.717) is 6.04 Å². The third-order valence-corrected chi connectivity index (χ3v) is 3.15. The second kappa shape index (κ2) is 5.32. The van der Waals surface area contributed by atoms with Gasteiger partial charge in [-0.1, -0.05) is 0 Å². The van der Waals surface area contributed by atoms with Gasteiger partial charge in [0.05, 0.1) is 4.47 Å². The van der Waals surface area contributed by atoms with Crippen LogP contribution in [0.4, 0.5) is 5.82 Å². The molecule has 0 fully saturated rings. The summed E-state index contributed by atoms with van der Waals surface area (Å²) >= 11 is 3.51. The molecule has 1 rings (SSSR count). The van der Waals surface area contributed by atoms with Crippen molar-refractivity contribution in [3.8, 4) is 0 Å². The molecule has 78 valence electrons. The van der Waals surface area contributed by atoms with Crippen LogP contribution in [0.3, 0.4) is 0 Å². The van der Waals surface area contributed by atoms with Gasteiger partial charge in [0.1, 0.15) is 5.82 Å². The third-order valence-electron chi connectivity index (χ3n) is 2.15. The minimum absolute atomic E-state index is 0.434. The van der Waals surface area contributed by atoms with E-state index in [1.165, 1.54) is 5.56 Å². The molecule has 1 heterocycles. The molecule has 0 aliphatic rings. The van der Waals surface area contributed by atoms with Crippen LogP contribution in [0, 0.1) is 6.92 Å². The highest BCUT2D eigenvalue weighted by molar-refractivity contribution is 9.10. The number of nitrogens with zero attached hydrogens (tertiary/aromatic N) is 1. The van der Waals surface area contributed by atoms with Crippen molar-refractivity contribution in [2.45, 2.75) is 19.9 Å². The number of likely N-dealkylation sites (N-methyl/N-ethyl adjacent to an activating group) is 1. The minimum atomic E-state index is 0.434. The summed E-state index contributed by atoms with van der Waals surface area (Å²) in [6.45, 7) is 5.04. The summed E-state index contributed by atoms with van der Waals surface area (Å²) in [4.78, 5) is 4.26. The molecular weight excluding hydrogens is 242 g/mol. The molecule has 0 aliphatic heterocycles. The molecule has 1 atom stereocenters. The predicted molar refractivity (Wildman–Crippen MR) is 63.7 cm³/mol. The molecule has 3 nitrogen and oxygen atoms in total. The van der Waals surface area contributed by atoms with Gasteiger partial charge in [-0.05, 0) is 48.5 Å².